The predicted molar refractivity (Wildman–Crippen MR) is 91.9 cm³/mol. The van der Waals surface area contributed by atoms with Crippen molar-refractivity contribution >= 4 is 33.6 Å². The first-order valence-electron chi connectivity index (χ1n) is 8.09. The zero-order valence-electron chi connectivity index (χ0n) is 13.1. The Morgan fingerprint density at radius 3 is 2.76 bits per heavy atom. The maximum absolute atomic E-state index is 11.6. The minimum atomic E-state index is -0.952. The Kier molecular flexibility index (Phi) is 2.70. The van der Waals surface area contributed by atoms with Crippen LogP contribution >= 0.6 is 0 Å². The van der Waals surface area contributed by atoms with E-state index < -0.39 is 5.97 Å². The number of rotatable bonds is 3. The summed E-state index contributed by atoms with van der Waals surface area (Å²) >= 11 is 0. The van der Waals surface area contributed by atoms with Gasteiger partial charge in [0, 0.05) is 27.6 Å². The van der Waals surface area contributed by atoms with Crippen LogP contribution in [0, 0.1) is 0 Å². The molecule has 2 heterocycles. The van der Waals surface area contributed by atoms with E-state index in [0.29, 0.717) is 5.35 Å². The van der Waals surface area contributed by atoms with Crippen molar-refractivity contribution in [3.8, 4) is 5.69 Å². The highest BCUT2D eigenvalue weighted by Gasteiger charge is 2.33. The lowest BCUT2D eigenvalue weighted by molar-refractivity contribution is 0.0695. The lowest BCUT2D eigenvalue weighted by Crippen LogP contribution is -2.06. The summed E-state index contributed by atoms with van der Waals surface area (Å²) in [6.45, 7) is 0. The summed E-state index contributed by atoms with van der Waals surface area (Å²) in [6, 6.07) is 9.53. The van der Waals surface area contributed by atoms with Gasteiger partial charge in [0.25, 0.3) is 0 Å². The number of nitrogens with one attached hydrogen (secondary N) is 1. The standard InChI is InChI=1S/C19H13N3O3/c23-9-15-11-2-1-3-12-16(7-6-14(21-15)17(11)12)22-18(10-4-5-10)13(8-20-22)19(24)25/h1-3,6-8,10,21H,4-5H2,(H,24,25). The Bertz CT molecular complexity index is 1240. The second-order valence-electron chi connectivity index (χ2n) is 6.40. The normalized spacial score (nSPS) is 14.2. The van der Waals surface area contributed by atoms with Crippen LogP contribution in [0.15, 0.2) is 36.5 Å². The van der Waals surface area contributed by atoms with Gasteiger partial charge in [0.05, 0.1) is 17.6 Å². The van der Waals surface area contributed by atoms with E-state index >= 15 is 0 Å². The number of aromatic nitrogens is 3. The van der Waals surface area contributed by atoms with Crippen LogP contribution in [0.3, 0.4) is 0 Å². The highest BCUT2D eigenvalue weighted by Crippen LogP contribution is 2.43. The molecule has 2 N–H and O–H groups in total. The van der Waals surface area contributed by atoms with Gasteiger partial charge < -0.3 is 10.1 Å². The number of nitrogens with zero attached hydrogens (tertiary/aromatic N) is 2. The number of carbonyl (C=O) groups excluding carboxylic acids is 1. The molecule has 4 aromatic rings. The maximum atomic E-state index is 11.6. The lowest BCUT2D eigenvalue weighted by Gasteiger charge is -2.11. The Balaban J connectivity index is 1.88. The zero-order chi connectivity index (χ0) is 17.1. The van der Waals surface area contributed by atoms with E-state index in [0.717, 1.165) is 45.9 Å². The van der Waals surface area contributed by atoms with E-state index in [2.05, 4.69) is 10.1 Å². The van der Waals surface area contributed by atoms with E-state index in [4.69, 9.17) is 0 Å². The van der Waals surface area contributed by atoms with E-state index in [1.165, 1.54) is 6.20 Å². The fourth-order valence-electron chi connectivity index (χ4n) is 3.64. The number of benzene rings is 2. The van der Waals surface area contributed by atoms with Crippen LogP contribution in [0.1, 0.15) is 34.8 Å². The zero-order valence-corrected chi connectivity index (χ0v) is 13.1. The number of carboxylic acids is 1. The highest BCUT2D eigenvalue weighted by atomic mass is 16.4. The van der Waals surface area contributed by atoms with Crippen LogP contribution in [-0.4, -0.2) is 31.8 Å². The number of H-pyrrole nitrogens is 1. The summed E-state index contributed by atoms with van der Waals surface area (Å²) in [5.74, 6) is 1.23. The molecule has 1 aliphatic rings. The fraction of sp³-hybridized carbons (Fsp3) is 0.158. The quantitative estimate of drug-likeness (QED) is 0.603. The minimum absolute atomic E-state index is 0.236. The largest absolute Gasteiger partial charge is 0.478 e. The van der Waals surface area contributed by atoms with Gasteiger partial charge in [-0.2, -0.15) is 5.10 Å². The molecule has 2 aromatic carbocycles. The Labute approximate surface area is 141 Å². The Morgan fingerprint density at radius 1 is 1.24 bits per heavy atom. The molecule has 0 saturated heterocycles. The molecule has 5 rings (SSSR count). The van der Waals surface area contributed by atoms with Crippen LogP contribution in [0.25, 0.3) is 27.4 Å². The van der Waals surface area contributed by atoms with Crippen molar-refractivity contribution in [2.75, 3.05) is 0 Å². The third kappa shape index (κ3) is 1.89. The van der Waals surface area contributed by atoms with Gasteiger partial charge in [-0.05, 0) is 25.0 Å². The maximum Gasteiger partial charge on any atom is 0.339 e. The van der Waals surface area contributed by atoms with E-state index in [1.807, 2.05) is 36.3 Å². The van der Waals surface area contributed by atoms with Gasteiger partial charge in [-0.15, -0.1) is 0 Å². The summed E-state index contributed by atoms with van der Waals surface area (Å²) < 4.78 is 1.74. The van der Waals surface area contributed by atoms with E-state index in [-0.39, 0.29) is 11.5 Å². The fourth-order valence-corrected chi connectivity index (χ4v) is 3.64. The van der Waals surface area contributed by atoms with Gasteiger partial charge in [-0.3, -0.25) is 0 Å². The van der Waals surface area contributed by atoms with Gasteiger partial charge in [-0.1, -0.05) is 18.2 Å². The van der Waals surface area contributed by atoms with Crippen molar-refractivity contribution in [1.82, 2.24) is 14.8 Å². The monoisotopic (exact) mass is 331 g/mol. The Hall–Kier alpha value is -3.37. The van der Waals surface area contributed by atoms with Crippen molar-refractivity contribution in [3.63, 3.8) is 0 Å². The number of aromatic carboxylic acids is 1. The van der Waals surface area contributed by atoms with Crippen LogP contribution < -0.4 is 5.35 Å². The van der Waals surface area contributed by atoms with Crippen LogP contribution in [0.2, 0.25) is 0 Å². The molecule has 1 saturated carbocycles. The van der Waals surface area contributed by atoms with Crippen molar-refractivity contribution < 1.29 is 14.7 Å². The molecule has 0 aliphatic heterocycles. The first-order chi connectivity index (χ1) is 12.2. The first-order valence-corrected chi connectivity index (χ1v) is 8.09. The molecule has 6 heteroatoms. The average molecular weight is 331 g/mol. The molecular formula is C19H13N3O3. The van der Waals surface area contributed by atoms with E-state index in [1.54, 1.807) is 4.68 Å². The van der Waals surface area contributed by atoms with Crippen LogP contribution in [-0.2, 0) is 4.79 Å². The molecule has 122 valence electrons. The number of hydrogen-bond acceptors (Lipinski definition) is 3. The van der Waals surface area contributed by atoms with E-state index in [9.17, 15) is 14.7 Å². The van der Waals surface area contributed by atoms with Gasteiger partial charge >= 0.3 is 5.97 Å². The third-order valence-electron chi connectivity index (χ3n) is 4.88. The second-order valence-corrected chi connectivity index (χ2v) is 6.40. The Morgan fingerprint density at radius 2 is 2.04 bits per heavy atom. The molecule has 1 fully saturated rings. The lowest BCUT2D eigenvalue weighted by atomic mass is 10.0. The SMILES string of the molecule is O=C=c1[nH]c2ccc(-n3ncc(C(=O)O)c3C3CC3)c3cccc1c23. The van der Waals surface area contributed by atoms with Crippen molar-refractivity contribution in [1.29, 1.82) is 0 Å². The molecule has 1 aliphatic carbocycles. The number of carbonyl (C=O) groups is 1. The van der Waals surface area contributed by atoms with Gasteiger partial charge in [0.2, 0.25) is 0 Å². The molecule has 0 amide bonds. The smallest absolute Gasteiger partial charge is 0.339 e. The summed E-state index contributed by atoms with van der Waals surface area (Å²) in [7, 11) is 0. The molecule has 0 bridgehead atoms. The van der Waals surface area contributed by atoms with Gasteiger partial charge in [-0.25, -0.2) is 14.3 Å². The van der Waals surface area contributed by atoms with Crippen molar-refractivity contribution in [3.05, 3.63) is 53.1 Å². The van der Waals surface area contributed by atoms with Gasteiger partial charge in [0.1, 0.15) is 10.9 Å². The molecule has 25 heavy (non-hydrogen) atoms. The number of hydrogen-bond donors (Lipinski definition) is 2. The predicted octanol–water partition coefficient (Wildman–Crippen LogP) is 2.30. The molecule has 0 unspecified atom stereocenters. The summed E-state index contributed by atoms with van der Waals surface area (Å²) in [5.41, 5.74) is 2.69. The highest BCUT2D eigenvalue weighted by molar-refractivity contribution is 6.13. The first kappa shape index (κ1) is 14.0. The number of aromatic amines is 1. The summed E-state index contributed by atoms with van der Waals surface area (Å²) in [5, 5.41) is 16.9. The number of carboxylic acid groups (broad SMARTS) is 1. The average Bonchev–Trinajstić information content (AvgIpc) is 3.25. The molecule has 0 atom stereocenters. The summed E-state index contributed by atoms with van der Waals surface area (Å²) in [4.78, 5) is 25.8. The van der Waals surface area contributed by atoms with Gasteiger partial charge in [0.15, 0.2) is 5.94 Å². The minimum Gasteiger partial charge on any atom is -0.478 e. The summed E-state index contributed by atoms with van der Waals surface area (Å²) in [6.07, 6.45) is 3.38. The van der Waals surface area contributed by atoms with Crippen molar-refractivity contribution in [2.45, 2.75) is 18.8 Å². The molecule has 0 spiro atoms. The molecule has 2 aromatic heterocycles. The molecule has 6 nitrogen and oxygen atoms in total. The topological polar surface area (TPSA) is 88.0 Å². The second kappa shape index (κ2) is 4.82. The van der Waals surface area contributed by atoms with Crippen LogP contribution in [0.5, 0.6) is 0 Å². The van der Waals surface area contributed by atoms with Crippen LogP contribution in [0.4, 0.5) is 0 Å². The third-order valence-corrected chi connectivity index (χ3v) is 4.88. The van der Waals surface area contributed by atoms with Crippen molar-refractivity contribution in [2.24, 2.45) is 0 Å². The molecular weight excluding hydrogens is 318 g/mol. The molecule has 0 radical (unpaired) electrons.